The van der Waals surface area contributed by atoms with E-state index in [1.807, 2.05) is 13.8 Å². The van der Waals surface area contributed by atoms with Gasteiger partial charge in [-0.1, -0.05) is 15.9 Å². The number of aromatic amines is 1. The van der Waals surface area contributed by atoms with E-state index in [0.717, 1.165) is 0 Å². The van der Waals surface area contributed by atoms with Crippen LogP contribution in [0.4, 0.5) is 0 Å². The zero-order chi connectivity index (χ0) is 22.8. The number of aromatic nitrogens is 2. The van der Waals surface area contributed by atoms with Crippen LogP contribution in [-0.2, 0) is 23.7 Å². The number of nitrogens with one attached hydrogen (secondary N) is 1. The molecule has 5 atom stereocenters. The maximum atomic E-state index is 12.4. The first-order valence-corrected chi connectivity index (χ1v) is 11.9. The van der Waals surface area contributed by atoms with Crippen molar-refractivity contribution in [3.05, 3.63) is 37.6 Å². The van der Waals surface area contributed by atoms with Crippen LogP contribution >= 0.6 is 39.1 Å². The molecule has 0 radical (unpaired) electrons. The molecule has 0 aliphatic carbocycles. The second-order valence-corrected chi connectivity index (χ2v) is 7.64. The van der Waals surface area contributed by atoms with E-state index in [1.54, 1.807) is 0 Å². The van der Waals surface area contributed by atoms with Gasteiger partial charge in [0.25, 0.3) is 5.56 Å². The Kier molecular flexibility index (Phi) is 11.8. The van der Waals surface area contributed by atoms with Crippen LogP contribution in [0.3, 0.4) is 0 Å². The number of hydrogen-bond donors (Lipinski definition) is 1. The third-order valence-corrected chi connectivity index (χ3v) is 5.23. The summed E-state index contributed by atoms with van der Waals surface area (Å²) in [4.78, 5) is 28.2. The van der Waals surface area contributed by atoms with Crippen LogP contribution in [-0.4, -0.2) is 65.9 Å². The molecule has 176 valence electrons. The number of rotatable bonds is 13. The fraction of sp³-hybridized carbons (Fsp3) is 0.684. The van der Waals surface area contributed by atoms with E-state index in [9.17, 15) is 9.59 Å². The van der Waals surface area contributed by atoms with Crippen LogP contribution in [0.15, 0.2) is 20.8 Å². The van der Waals surface area contributed by atoms with Gasteiger partial charge in [0, 0.05) is 25.8 Å². The molecule has 1 aromatic heterocycles. The molecule has 2 rings (SSSR count). The lowest BCUT2D eigenvalue weighted by Gasteiger charge is -2.25. The smallest absolute Gasteiger partial charge is 0.330 e. The summed E-state index contributed by atoms with van der Waals surface area (Å²) in [5, 5.41) is 0. The van der Waals surface area contributed by atoms with E-state index in [0.29, 0.717) is 25.2 Å². The predicted octanol–water partition coefficient (Wildman–Crippen LogP) is 2.79. The molecule has 1 aliphatic rings. The van der Waals surface area contributed by atoms with Crippen LogP contribution in [0, 0.1) is 0 Å². The number of alkyl halides is 2. The SMILES string of the molecule is CCOC(CCl)OC[C@@H]1O[C@H](n2cc(C=CBr)c(=O)[nH]c2=O)CC1OC(CCl)OCC. The van der Waals surface area contributed by atoms with Gasteiger partial charge in [0.1, 0.15) is 12.3 Å². The fourth-order valence-corrected chi connectivity index (χ4v) is 3.72. The number of ether oxygens (including phenoxy) is 5. The molecule has 31 heavy (non-hydrogen) atoms. The van der Waals surface area contributed by atoms with Crippen LogP contribution in [0.1, 0.15) is 32.1 Å². The van der Waals surface area contributed by atoms with E-state index >= 15 is 0 Å². The van der Waals surface area contributed by atoms with Crippen molar-refractivity contribution in [1.82, 2.24) is 9.55 Å². The molecule has 0 bridgehead atoms. The molecule has 0 amide bonds. The van der Waals surface area contributed by atoms with Crippen molar-refractivity contribution in [3.8, 4) is 0 Å². The molecular formula is C19H27BrCl2N2O7. The van der Waals surface area contributed by atoms with Crippen molar-refractivity contribution in [3.63, 3.8) is 0 Å². The normalized spacial score (nSPS) is 23.5. The van der Waals surface area contributed by atoms with Gasteiger partial charge in [0.05, 0.1) is 30.0 Å². The Bertz CT molecular complexity index is 819. The lowest BCUT2D eigenvalue weighted by molar-refractivity contribution is -0.191. The molecule has 1 fully saturated rings. The largest absolute Gasteiger partial charge is 0.352 e. The molecule has 1 aromatic rings. The summed E-state index contributed by atoms with van der Waals surface area (Å²) in [6.45, 7) is 4.66. The lowest BCUT2D eigenvalue weighted by atomic mass is 10.2. The zero-order valence-corrected chi connectivity index (χ0v) is 20.4. The summed E-state index contributed by atoms with van der Waals surface area (Å²) in [5.41, 5.74) is -0.791. The second kappa shape index (κ2) is 13.7. The standard InChI is InChI=1S/C19H27BrCl2N2O7/c1-3-27-16(8-21)29-11-14-13(31-17(9-22)28-4-2)7-15(30-14)24-10-12(5-6-20)18(25)23-19(24)26/h5-6,10,13-17H,3-4,7-9,11H2,1-2H3,(H,23,25,26)/t13?,14-,15-,16?,17?/m0/s1. The molecule has 0 aromatic carbocycles. The number of hydrogen-bond acceptors (Lipinski definition) is 7. The average Bonchev–Trinajstić information content (AvgIpc) is 3.15. The first-order valence-electron chi connectivity index (χ1n) is 9.87. The van der Waals surface area contributed by atoms with E-state index < -0.39 is 42.3 Å². The van der Waals surface area contributed by atoms with Crippen molar-refractivity contribution in [2.75, 3.05) is 31.6 Å². The number of halogens is 3. The molecule has 1 saturated heterocycles. The summed E-state index contributed by atoms with van der Waals surface area (Å²) in [6, 6.07) is 0. The van der Waals surface area contributed by atoms with Gasteiger partial charge >= 0.3 is 5.69 Å². The Morgan fingerprint density at radius 3 is 2.52 bits per heavy atom. The third kappa shape index (κ3) is 7.68. The summed E-state index contributed by atoms with van der Waals surface area (Å²) in [6.07, 6.45) is 0.330. The van der Waals surface area contributed by atoms with E-state index in [-0.39, 0.29) is 18.4 Å². The third-order valence-electron chi connectivity index (χ3n) is 4.46. The van der Waals surface area contributed by atoms with Gasteiger partial charge in [-0.3, -0.25) is 14.3 Å². The minimum absolute atomic E-state index is 0.117. The van der Waals surface area contributed by atoms with Gasteiger partial charge in [-0.05, 0) is 24.9 Å². The molecule has 12 heteroatoms. The Balaban J connectivity index is 2.24. The second-order valence-electron chi connectivity index (χ2n) is 6.49. The Hall–Kier alpha value is -0.720. The highest BCUT2D eigenvalue weighted by Crippen LogP contribution is 2.31. The van der Waals surface area contributed by atoms with Crippen molar-refractivity contribution in [1.29, 1.82) is 0 Å². The van der Waals surface area contributed by atoms with Crippen molar-refractivity contribution in [2.45, 2.75) is 51.3 Å². The molecule has 9 nitrogen and oxygen atoms in total. The maximum absolute atomic E-state index is 12.4. The zero-order valence-electron chi connectivity index (χ0n) is 17.3. The first-order chi connectivity index (χ1) is 15.0. The van der Waals surface area contributed by atoms with Crippen LogP contribution in [0.2, 0.25) is 0 Å². The first kappa shape index (κ1) is 26.5. The minimum Gasteiger partial charge on any atom is -0.352 e. The van der Waals surface area contributed by atoms with Crippen molar-refractivity contribution < 1.29 is 23.7 Å². The number of nitrogens with zero attached hydrogens (tertiary/aromatic N) is 1. The van der Waals surface area contributed by atoms with E-state index in [2.05, 4.69) is 20.9 Å². The Morgan fingerprint density at radius 2 is 1.90 bits per heavy atom. The van der Waals surface area contributed by atoms with Crippen LogP contribution in [0.5, 0.6) is 0 Å². The monoisotopic (exact) mass is 544 g/mol. The highest BCUT2D eigenvalue weighted by molar-refractivity contribution is 9.11. The maximum Gasteiger partial charge on any atom is 0.330 e. The topological polar surface area (TPSA) is 101 Å². The van der Waals surface area contributed by atoms with Gasteiger partial charge < -0.3 is 23.7 Å². The van der Waals surface area contributed by atoms with E-state index in [1.165, 1.54) is 21.8 Å². The highest BCUT2D eigenvalue weighted by atomic mass is 79.9. The average molecular weight is 546 g/mol. The van der Waals surface area contributed by atoms with Gasteiger partial charge in [-0.15, -0.1) is 23.2 Å². The molecule has 3 unspecified atom stereocenters. The molecular weight excluding hydrogens is 519 g/mol. The fourth-order valence-electron chi connectivity index (χ4n) is 3.09. The molecule has 1 N–H and O–H groups in total. The minimum atomic E-state index is -0.690. The Labute approximate surface area is 198 Å². The van der Waals surface area contributed by atoms with E-state index in [4.69, 9.17) is 46.9 Å². The van der Waals surface area contributed by atoms with Gasteiger partial charge in [-0.25, -0.2) is 4.79 Å². The molecule has 1 aliphatic heterocycles. The lowest BCUT2D eigenvalue weighted by Crippen LogP contribution is -2.36. The highest BCUT2D eigenvalue weighted by Gasteiger charge is 2.39. The van der Waals surface area contributed by atoms with Gasteiger partial charge in [0.2, 0.25) is 0 Å². The Morgan fingerprint density at radius 1 is 1.23 bits per heavy atom. The van der Waals surface area contributed by atoms with Crippen molar-refractivity contribution >= 4 is 45.2 Å². The van der Waals surface area contributed by atoms with Gasteiger partial charge in [-0.2, -0.15) is 0 Å². The quantitative estimate of drug-likeness (QED) is 0.300. The van der Waals surface area contributed by atoms with Crippen LogP contribution < -0.4 is 11.2 Å². The summed E-state index contributed by atoms with van der Waals surface area (Å²) >= 11 is 15.0. The predicted molar refractivity (Wildman–Crippen MR) is 121 cm³/mol. The summed E-state index contributed by atoms with van der Waals surface area (Å²) in [5.74, 6) is 0.283. The van der Waals surface area contributed by atoms with Crippen molar-refractivity contribution in [2.24, 2.45) is 0 Å². The molecule has 0 saturated carbocycles. The summed E-state index contributed by atoms with van der Waals surface area (Å²) in [7, 11) is 0. The summed E-state index contributed by atoms with van der Waals surface area (Å²) < 4.78 is 30.0. The van der Waals surface area contributed by atoms with Crippen LogP contribution in [0.25, 0.3) is 6.08 Å². The molecule has 2 heterocycles. The van der Waals surface area contributed by atoms with Gasteiger partial charge in [0.15, 0.2) is 12.6 Å². The number of H-pyrrole nitrogens is 1. The molecule has 0 spiro atoms.